The van der Waals surface area contributed by atoms with E-state index in [1.54, 1.807) is 0 Å². The Morgan fingerprint density at radius 3 is 2.78 bits per heavy atom. The molecular formula is C14H20O4. The van der Waals surface area contributed by atoms with Crippen molar-refractivity contribution in [2.45, 2.75) is 75.0 Å². The number of ether oxygens (including phenoxy) is 3. The first kappa shape index (κ1) is 11.2. The summed E-state index contributed by atoms with van der Waals surface area (Å²) in [7, 11) is 0. The smallest absolute Gasteiger partial charge is 0.293 e. The Bertz CT molecular complexity index is 365. The number of hydrogen-bond acceptors (Lipinski definition) is 4. The SMILES string of the molecule is O=COC1(CC2CCCCC2)CCC2OC23OC13. The summed E-state index contributed by atoms with van der Waals surface area (Å²) in [6, 6.07) is 0. The number of rotatable bonds is 4. The van der Waals surface area contributed by atoms with Crippen molar-refractivity contribution < 1.29 is 19.0 Å². The first-order valence-corrected chi connectivity index (χ1v) is 7.26. The average Bonchev–Trinajstić information content (AvgIpc) is 3.26. The molecule has 0 aromatic heterocycles. The summed E-state index contributed by atoms with van der Waals surface area (Å²) in [5.74, 6) is 0.353. The molecule has 1 spiro atoms. The minimum atomic E-state index is -0.392. The molecule has 0 bridgehead atoms. The van der Waals surface area contributed by atoms with Gasteiger partial charge in [0, 0.05) is 0 Å². The number of hydrogen-bond donors (Lipinski definition) is 0. The summed E-state index contributed by atoms with van der Waals surface area (Å²) < 4.78 is 16.9. The van der Waals surface area contributed by atoms with Gasteiger partial charge in [0.1, 0.15) is 11.7 Å². The monoisotopic (exact) mass is 252 g/mol. The Morgan fingerprint density at radius 1 is 1.17 bits per heavy atom. The topological polar surface area (TPSA) is 51.4 Å². The van der Waals surface area contributed by atoms with Crippen LogP contribution in [0.3, 0.4) is 0 Å². The lowest BCUT2D eigenvalue weighted by Gasteiger charge is -2.36. The maximum absolute atomic E-state index is 10.9. The Balaban J connectivity index is 1.51. The van der Waals surface area contributed by atoms with Gasteiger partial charge in [0.05, 0.1) is 0 Å². The van der Waals surface area contributed by atoms with Crippen molar-refractivity contribution in [3.05, 3.63) is 0 Å². The van der Waals surface area contributed by atoms with Crippen LogP contribution < -0.4 is 0 Å². The third kappa shape index (κ3) is 1.48. The second kappa shape index (κ2) is 3.70. The van der Waals surface area contributed by atoms with Crippen LogP contribution in [0.15, 0.2) is 0 Å². The van der Waals surface area contributed by atoms with Gasteiger partial charge < -0.3 is 14.2 Å². The largest absolute Gasteiger partial charge is 0.458 e. The van der Waals surface area contributed by atoms with Crippen LogP contribution in [0, 0.1) is 5.92 Å². The van der Waals surface area contributed by atoms with Crippen LogP contribution in [0.1, 0.15) is 51.4 Å². The summed E-state index contributed by atoms with van der Waals surface area (Å²) in [6.45, 7) is 0.612. The molecule has 4 unspecified atom stereocenters. The van der Waals surface area contributed by atoms with Gasteiger partial charge in [-0.15, -0.1) is 0 Å². The van der Waals surface area contributed by atoms with Gasteiger partial charge in [0.25, 0.3) is 6.47 Å². The maximum atomic E-state index is 10.9. The predicted molar refractivity (Wildman–Crippen MR) is 62.8 cm³/mol. The van der Waals surface area contributed by atoms with Gasteiger partial charge in [0.2, 0.25) is 5.79 Å². The van der Waals surface area contributed by atoms with E-state index in [1.807, 2.05) is 0 Å². The van der Waals surface area contributed by atoms with Crippen molar-refractivity contribution in [2.75, 3.05) is 0 Å². The fraction of sp³-hybridized carbons (Fsp3) is 0.929. The van der Waals surface area contributed by atoms with E-state index in [4.69, 9.17) is 14.2 Å². The molecule has 2 saturated carbocycles. The van der Waals surface area contributed by atoms with Crippen LogP contribution >= 0.6 is 0 Å². The molecule has 2 saturated heterocycles. The normalized spacial score (nSPS) is 50.0. The van der Waals surface area contributed by atoms with E-state index in [0.29, 0.717) is 12.4 Å². The van der Waals surface area contributed by atoms with Gasteiger partial charge in [-0.1, -0.05) is 32.1 Å². The molecule has 4 fully saturated rings. The van der Waals surface area contributed by atoms with Gasteiger partial charge in [-0.25, -0.2) is 0 Å². The third-order valence-electron chi connectivity index (χ3n) is 5.28. The summed E-state index contributed by atoms with van der Waals surface area (Å²) >= 11 is 0. The molecular weight excluding hydrogens is 232 g/mol. The highest BCUT2D eigenvalue weighted by molar-refractivity contribution is 5.40. The van der Waals surface area contributed by atoms with Gasteiger partial charge >= 0.3 is 0 Å². The van der Waals surface area contributed by atoms with Crippen molar-refractivity contribution >= 4 is 6.47 Å². The lowest BCUT2D eigenvalue weighted by Crippen LogP contribution is -2.45. The predicted octanol–water partition coefficient (Wildman–Crippen LogP) is 2.16. The molecule has 100 valence electrons. The van der Waals surface area contributed by atoms with E-state index < -0.39 is 5.60 Å². The third-order valence-corrected chi connectivity index (χ3v) is 5.28. The highest BCUT2D eigenvalue weighted by Crippen LogP contribution is 2.66. The molecule has 4 nitrogen and oxygen atoms in total. The van der Waals surface area contributed by atoms with Crippen LogP contribution in [0.4, 0.5) is 0 Å². The zero-order valence-electron chi connectivity index (χ0n) is 10.6. The standard InChI is InChI=1S/C14H20O4/c15-9-16-13(8-10-4-2-1-3-5-10)7-6-11-14(17-11)12(13)18-14/h9-12H,1-8H2. The van der Waals surface area contributed by atoms with E-state index in [1.165, 1.54) is 32.1 Å². The molecule has 4 rings (SSSR count). The van der Waals surface area contributed by atoms with E-state index in [0.717, 1.165) is 19.3 Å². The molecule has 0 aromatic carbocycles. The second-order valence-electron chi connectivity index (χ2n) is 6.35. The Labute approximate surface area is 107 Å². The fourth-order valence-electron chi connectivity index (χ4n) is 4.27. The van der Waals surface area contributed by atoms with E-state index in [2.05, 4.69) is 0 Å². The first-order chi connectivity index (χ1) is 8.79. The van der Waals surface area contributed by atoms with E-state index in [9.17, 15) is 4.79 Å². The number of carbonyl (C=O) groups is 1. The molecule has 4 atom stereocenters. The summed E-state index contributed by atoms with van der Waals surface area (Å²) in [6.07, 6.45) is 9.66. The van der Waals surface area contributed by atoms with Gasteiger partial charge in [-0.05, 0) is 25.2 Å². The summed E-state index contributed by atoms with van der Waals surface area (Å²) in [5, 5.41) is 0. The molecule has 0 N–H and O–H groups in total. The lowest BCUT2D eigenvalue weighted by molar-refractivity contribution is -0.150. The van der Waals surface area contributed by atoms with Crippen LogP contribution in [-0.4, -0.2) is 30.1 Å². The Morgan fingerprint density at radius 2 is 2.00 bits per heavy atom. The van der Waals surface area contributed by atoms with Gasteiger partial charge in [-0.3, -0.25) is 4.79 Å². The van der Waals surface area contributed by atoms with Crippen LogP contribution in [-0.2, 0) is 19.0 Å². The van der Waals surface area contributed by atoms with Crippen molar-refractivity contribution in [1.82, 2.24) is 0 Å². The molecule has 2 aliphatic carbocycles. The van der Waals surface area contributed by atoms with E-state index >= 15 is 0 Å². The molecule has 0 amide bonds. The minimum absolute atomic E-state index is 0.0101. The zero-order chi connectivity index (χ0) is 12.2. The fourth-order valence-corrected chi connectivity index (χ4v) is 4.27. The zero-order valence-corrected chi connectivity index (χ0v) is 10.6. The van der Waals surface area contributed by atoms with Crippen LogP contribution in [0.5, 0.6) is 0 Å². The van der Waals surface area contributed by atoms with Gasteiger partial charge in [-0.2, -0.15) is 0 Å². The molecule has 0 radical (unpaired) electrons. The quantitative estimate of drug-likeness (QED) is 0.568. The van der Waals surface area contributed by atoms with E-state index in [-0.39, 0.29) is 18.0 Å². The minimum Gasteiger partial charge on any atom is -0.458 e. The molecule has 0 aromatic rings. The first-order valence-electron chi connectivity index (χ1n) is 7.26. The molecule has 2 aliphatic heterocycles. The highest BCUT2D eigenvalue weighted by Gasteiger charge is 2.84. The van der Waals surface area contributed by atoms with Crippen LogP contribution in [0.2, 0.25) is 0 Å². The van der Waals surface area contributed by atoms with Crippen molar-refractivity contribution in [3.8, 4) is 0 Å². The summed E-state index contributed by atoms with van der Waals surface area (Å²) in [5.41, 5.74) is -0.392. The van der Waals surface area contributed by atoms with Gasteiger partial charge in [0.15, 0.2) is 6.10 Å². The second-order valence-corrected chi connectivity index (χ2v) is 6.35. The molecule has 2 heterocycles. The average molecular weight is 252 g/mol. The Kier molecular flexibility index (Phi) is 2.31. The van der Waals surface area contributed by atoms with Crippen molar-refractivity contribution in [2.24, 2.45) is 5.92 Å². The lowest BCUT2D eigenvalue weighted by atomic mass is 9.74. The molecule has 4 aliphatic rings. The van der Waals surface area contributed by atoms with Crippen LogP contribution in [0.25, 0.3) is 0 Å². The molecule has 4 heteroatoms. The number of epoxide rings is 2. The summed E-state index contributed by atoms with van der Waals surface area (Å²) in [4.78, 5) is 10.9. The molecule has 18 heavy (non-hydrogen) atoms. The van der Waals surface area contributed by atoms with Crippen molar-refractivity contribution in [1.29, 1.82) is 0 Å². The number of carbonyl (C=O) groups excluding carboxylic acids is 1. The Hall–Kier alpha value is -0.610. The van der Waals surface area contributed by atoms with Crippen molar-refractivity contribution in [3.63, 3.8) is 0 Å². The maximum Gasteiger partial charge on any atom is 0.293 e. The highest BCUT2D eigenvalue weighted by atomic mass is 16.9.